The fraction of sp³-hybridized carbons (Fsp3) is 0.562. The lowest BCUT2D eigenvalue weighted by atomic mass is 10.1. The number of anilines is 1. The standard InChI is InChI=1S/C16H21ClN2O4/c17-14-2-1-13(11-15(14)18-7-9-22-10-8-18)23-12-3-5-19(6-4-12)16(20)21/h1-2,11-12H,3-10H2,(H,20,21). The lowest BCUT2D eigenvalue weighted by Gasteiger charge is -2.32. The topological polar surface area (TPSA) is 62.2 Å². The summed E-state index contributed by atoms with van der Waals surface area (Å²) >= 11 is 6.32. The molecule has 0 unspecified atom stereocenters. The average molecular weight is 341 g/mol. The van der Waals surface area contributed by atoms with E-state index in [4.69, 9.17) is 26.2 Å². The molecular weight excluding hydrogens is 320 g/mol. The highest BCUT2D eigenvalue weighted by Gasteiger charge is 2.24. The molecule has 0 spiro atoms. The van der Waals surface area contributed by atoms with Crippen molar-refractivity contribution in [2.45, 2.75) is 18.9 Å². The molecule has 0 aromatic heterocycles. The Hall–Kier alpha value is -1.66. The molecule has 2 heterocycles. The third kappa shape index (κ3) is 4.00. The number of carboxylic acid groups (broad SMARTS) is 1. The van der Waals surface area contributed by atoms with Gasteiger partial charge in [-0.15, -0.1) is 0 Å². The molecule has 0 bridgehead atoms. The molecule has 0 atom stereocenters. The van der Waals surface area contributed by atoms with Gasteiger partial charge < -0.3 is 24.4 Å². The molecule has 6 nitrogen and oxygen atoms in total. The second-order valence-corrected chi connectivity index (χ2v) is 6.21. The first kappa shape index (κ1) is 16.2. The van der Waals surface area contributed by atoms with E-state index in [0.29, 0.717) is 44.2 Å². The number of piperidine rings is 1. The number of morpholine rings is 1. The number of benzene rings is 1. The van der Waals surface area contributed by atoms with E-state index < -0.39 is 6.09 Å². The molecule has 23 heavy (non-hydrogen) atoms. The number of amides is 1. The Balaban J connectivity index is 1.63. The van der Waals surface area contributed by atoms with Gasteiger partial charge in [0.2, 0.25) is 0 Å². The normalized spacial score (nSPS) is 19.7. The number of carbonyl (C=O) groups is 1. The van der Waals surface area contributed by atoms with Gasteiger partial charge in [-0.05, 0) is 12.1 Å². The van der Waals surface area contributed by atoms with Crippen LogP contribution in [-0.4, -0.2) is 61.6 Å². The van der Waals surface area contributed by atoms with Gasteiger partial charge in [0.1, 0.15) is 11.9 Å². The van der Waals surface area contributed by atoms with Gasteiger partial charge in [-0.25, -0.2) is 4.79 Å². The predicted molar refractivity (Wildman–Crippen MR) is 87.7 cm³/mol. The summed E-state index contributed by atoms with van der Waals surface area (Å²) in [5.41, 5.74) is 0.968. The Morgan fingerprint density at radius 3 is 2.57 bits per heavy atom. The van der Waals surface area contributed by atoms with Crippen LogP contribution in [0.25, 0.3) is 0 Å². The molecule has 126 valence electrons. The Morgan fingerprint density at radius 2 is 1.91 bits per heavy atom. The quantitative estimate of drug-likeness (QED) is 0.916. The molecule has 0 radical (unpaired) electrons. The molecule has 2 aliphatic rings. The highest BCUT2D eigenvalue weighted by Crippen LogP contribution is 2.32. The number of rotatable bonds is 3. The van der Waals surface area contributed by atoms with Crippen molar-refractivity contribution in [1.29, 1.82) is 0 Å². The van der Waals surface area contributed by atoms with Crippen molar-refractivity contribution in [3.63, 3.8) is 0 Å². The molecule has 0 aliphatic carbocycles. The minimum atomic E-state index is -0.857. The molecule has 1 aromatic carbocycles. The van der Waals surface area contributed by atoms with Crippen LogP contribution in [0, 0.1) is 0 Å². The van der Waals surface area contributed by atoms with Gasteiger partial charge in [0.15, 0.2) is 0 Å². The molecule has 2 aliphatic heterocycles. The molecule has 2 saturated heterocycles. The van der Waals surface area contributed by atoms with E-state index in [1.807, 2.05) is 18.2 Å². The Morgan fingerprint density at radius 1 is 1.22 bits per heavy atom. The summed E-state index contributed by atoms with van der Waals surface area (Å²) in [4.78, 5) is 14.6. The fourth-order valence-electron chi connectivity index (χ4n) is 2.97. The summed E-state index contributed by atoms with van der Waals surface area (Å²) in [7, 11) is 0. The van der Waals surface area contributed by atoms with Crippen molar-refractivity contribution in [3.05, 3.63) is 23.2 Å². The SMILES string of the molecule is O=C(O)N1CCC(Oc2ccc(Cl)c(N3CCOCC3)c2)CC1. The maximum atomic E-state index is 10.9. The summed E-state index contributed by atoms with van der Waals surface area (Å²) in [5, 5.41) is 9.69. The van der Waals surface area contributed by atoms with Gasteiger partial charge in [-0.1, -0.05) is 11.6 Å². The zero-order chi connectivity index (χ0) is 16.2. The lowest BCUT2D eigenvalue weighted by molar-refractivity contribution is 0.0894. The minimum Gasteiger partial charge on any atom is -0.490 e. The van der Waals surface area contributed by atoms with Crippen molar-refractivity contribution in [2.24, 2.45) is 0 Å². The van der Waals surface area contributed by atoms with Crippen LogP contribution in [0.5, 0.6) is 5.75 Å². The van der Waals surface area contributed by atoms with Crippen molar-refractivity contribution in [1.82, 2.24) is 4.90 Å². The van der Waals surface area contributed by atoms with E-state index in [9.17, 15) is 4.79 Å². The first-order valence-electron chi connectivity index (χ1n) is 7.90. The molecule has 3 rings (SSSR count). The summed E-state index contributed by atoms with van der Waals surface area (Å²) < 4.78 is 11.4. The zero-order valence-corrected chi connectivity index (χ0v) is 13.7. The number of ether oxygens (including phenoxy) is 2. The summed E-state index contributed by atoms with van der Waals surface area (Å²) in [6, 6.07) is 5.70. The van der Waals surface area contributed by atoms with Gasteiger partial charge in [-0.2, -0.15) is 0 Å². The molecule has 0 saturated carbocycles. The van der Waals surface area contributed by atoms with Crippen molar-refractivity contribution < 1.29 is 19.4 Å². The summed E-state index contributed by atoms with van der Waals surface area (Å²) in [5.74, 6) is 0.782. The first-order chi connectivity index (χ1) is 11.1. The number of halogens is 1. The Bertz CT molecular complexity index is 555. The van der Waals surface area contributed by atoms with E-state index in [2.05, 4.69) is 4.90 Å². The van der Waals surface area contributed by atoms with Gasteiger partial charge in [-0.3, -0.25) is 0 Å². The zero-order valence-electron chi connectivity index (χ0n) is 12.9. The monoisotopic (exact) mass is 340 g/mol. The molecule has 7 heteroatoms. The third-order valence-electron chi connectivity index (χ3n) is 4.28. The van der Waals surface area contributed by atoms with Crippen LogP contribution in [0.4, 0.5) is 10.5 Å². The average Bonchev–Trinajstić information content (AvgIpc) is 2.58. The van der Waals surface area contributed by atoms with Gasteiger partial charge in [0.25, 0.3) is 0 Å². The smallest absolute Gasteiger partial charge is 0.407 e. The van der Waals surface area contributed by atoms with Crippen LogP contribution in [0.1, 0.15) is 12.8 Å². The summed E-state index contributed by atoms with van der Waals surface area (Å²) in [6.07, 6.45) is 0.609. The van der Waals surface area contributed by atoms with Crippen LogP contribution in [-0.2, 0) is 4.74 Å². The maximum absolute atomic E-state index is 10.9. The van der Waals surface area contributed by atoms with Gasteiger partial charge in [0, 0.05) is 45.1 Å². The minimum absolute atomic E-state index is 0.0457. The molecule has 2 fully saturated rings. The van der Waals surface area contributed by atoms with Gasteiger partial charge >= 0.3 is 6.09 Å². The summed E-state index contributed by atoms with van der Waals surface area (Å²) in [6.45, 7) is 4.08. The van der Waals surface area contributed by atoms with Crippen LogP contribution in [0.3, 0.4) is 0 Å². The Labute approximate surface area is 140 Å². The lowest BCUT2D eigenvalue weighted by Crippen LogP contribution is -2.41. The number of hydrogen-bond donors (Lipinski definition) is 1. The number of likely N-dealkylation sites (tertiary alicyclic amines) is 1. The van der Waals surface area contributed by atoms with Crippen molar-refractivity contribution in [2.75, 3.05) is 44.3 Å². The third-order valence-corrected chi connectivity index (χ3v) is 4.60. The maximum Gasteiger partial charge on any atom is 0.407 e. The largest absolute Gasteiger partial charge is 0.490 e. The van der Waals surface area contributed by atoms with Crippen molar-refractivity contribution >= 4 is 23.4 Å². The van der Waals surface area contributed by atoms with E-state index in [-0.39, 0.29) is 6.10 Å². The van der Waals surface area contributed by atoms with Crippen LogP contribution in [0.15, 0.2) is 18.2 Å². The van der Waals surface area contributed by atoms with E-state index in [1.165, 1.54) is 4.90 Å². The van der Waals surface area contributed by atoms with E-state index >= 15 is 0 Å². The highest BCUT2D eigenvalue weighted by atomic mass is 35.5. The fourth-order valence-corrected chi connectivity index (χ4v) is 3.21. The highest BCUT2D eigenvalue weighted by molar-refractivity contribution is 6.33. The number of nitrogens with zero attached hydrogens (tertiary/aromatic N) is 2. The second-order valence-electron chi connectivity index (χ2n) is 5.80. The molecule has 1 aromatic rings. The van der Waals surface area contributed by atoms with Crippen LogP contribution >= 0.6 is 11.6 Å². The van der Waals surface area contributed by atoms with E-state index in [1.54, 1.807) is 0 Å². The van der Waals surface area contributed by atoms with Gasteiger partial charge in [0.05, 0.1) is 23.9 Å². The Kier molecular flexibility index (Phi) is 5.13. The van der Waals surface area contributed by atoms with E-state index in [0.717, 1.165) is 24.5 Å². The van der Waals surface area contributed by atoms with Crippen LogP contribution < -0.4 is 9.64 Å². The predicted octanol–water partition coefficient (Wildman–Crippen LogP) is 2.70. The molecule has 1 N–H and O–H groups in total. The number of hydrogen-bond acceptors (Lipinski definition) is 4. The van der Waals surface area contributed by atoms with Crippen molar-refractivity contribution in [3.8, 4) is 5.75 Å². The molecule has 1 amide bonds. The first-order valence-corrected chi connectivity index (χ1v) is 8.28. The van der Waals surface area contributed by atoms with Crippen LogP contribution in [0.2, 0.25) is 5.02 Å². The molecular formula is C16H21ClN2O4. The second kappa shape index (κ2) is 7.27.